The lowest BCUT2D eigenvalue weighted by Gasteiger charge is -2.21. The Bertz CT molecular complexity index is 1060. The van der Waals surface area contributed by atoms with Crippen LogP contribution >= 0.6 is 0 Å². The number of aryl methyl sites for hydroxylation is 1. The van der Waals surface area contributed by atoms with Crippen LogP contribution in [0.2, 0.25) is 0 Å². The number of anilines is 1. The second-order valence-electron chi connectivity index (χ2n) is 7.92. The first-order valence-corrected chi connectivity index (χ1v) is 10.2. The third-order valence-electron chi connectivity index (χ3n) is 5.92. The van der Waals surface area contributed by atoms with Crippen molar-refractivity contribution in [1.29, 1.82) is 0 Å². The number of nitrogens with one attached hydrogen (secondary N) is 1. The number of carbonyl (C=O) groups excluding carboxylic acids is 2. The zero-order chi connectivity index (χ0) is 21.3. The monoisotopic (exact) mass is 402 g/mol. The van der Waals surface area contributed by atoms with Crippen LogP contribution in [0.5, 0.6) is 0 Å². The van der Waals surface area contributed by atoms with Crippen molar-refractivity contribution in [2.75, 3.05) is 11.4 Å². The molecule has 4 rings (SSSR count). The maximum Gasteiger partial charge on any atom is 0.227 e. The molecule has 6 nitrogen and oxygen atoms in total. The number of carbonyl (C=O) groups is 2. The minimum atomic E-state index is -0.343. The van der Waals surface area contributed by atoms with Crippen LogP contribution < -0.4 is 10.2 Å². The lowest BCUT2D eigenvalue weighted by Crippen LogP contribution is -2.34. The van der Waals surface area contributed by atoms with Gasteiger partial charge < -0.3 is 14.8 Å². The van der Waals surface area contributed by atoms with E-state index in [1.54, 1.807) is 17.4 Å². The highest BCUT2D eigenvalue weighted by Gasteiger charge is 2.36. The number of amides is 2. The molecule has 1 aliphatic heterocycles. The van der Waals surface area contributed by atoms with E-state index in [0.717, 1.165) is 28.1 Å². The Morgan fingerprint density at radius 3 is 2.63 bits per heavy atom. The smallest absolute Gasteiger partial charge is 0.227 e. The molecule has 1 N–H and O–H groups in total. The molecule has 1 fully saturated rings. The van der Waals surface area contributed by atoms with Crippen LogP contribution in [0.15, 0.2) is 61.2 Å². The molecule has 2 atom stereocenters. The van der Waals surface area contributed by atoms with Gasteiger partial charge in [0.25, 0.3) is 0 Å². The van der Waals surface area contributed by atoms with Crippen molar-refractivity contribution in [3.8, 4) is 5.69 Å². The molecular formula is C24H26N4O2. The van der Waals surface area contributed by atoms with E-state index in [1.807, 2.05) is 74.0 Å². The van der Waals surface area contributed by atoms with Gasteiger partial charge in [-0.25, -0.2) is 4.98 Å². The van der Waals surface area contributed by atoms with Gasteiger partial charge in [-0.3, -0.25) is 9.59 Å². The van der Waals surface area contributed by atoms with E-state index in [0.29, 0.717) is 6.54 Å². The Balaban J connectivity index is 1.41. The first-order chi connectivity index (χ1) is 14.4. The minimum Gasteiger partial charge on any atom is -0.349 e. The summed E-state index contributed by atoms with van der Waals surface area (Å²) in [5, 5.41) is 3.07. The van der Waals surface area contributed by atoms with Crippen molar-refractivity contribution >= 4 is 17.5 Å². The number of aromatic nitrogens is 2. The molecule has 154 valence electrons. The quantitative estimate of drug-likeness (QED) is 0.707. The lowest BCUT2D eigenvalue weighted by atomic mass is 10.0. The Morgan fingerprint density at radius 2 is 1.93 bits per heavy atom. The fraction of sp³-hybridized carbons (Fsp3) is 0.292. The van der Waals surface area contributed by atoms with Gasteiger partial charge in [-0.1, -0.05) is 24.3 Å². The summed E-state index contributed by atoms with van der Waals surface area (Å²) in [6, 6.07) is 13.8. The normalized spacial score (nSPS) is 17.2. The highest BCUT2D eigenvalue weighted by molar-refractivity contribution is 6.01. The molecule has 1 aliphatic rings. The number of imidazole rings is 1. The minimum absolute atomic E-state index is 0.00110. The van der Waals surface area contributed by atoms with Gasteiger partial charge in [0.2, 0.25) is 11.8 Å². The van der Waals surface area contributed by atoms with E-state index >= 15 is 0 Å². The molecule has 0 spiro atoms. The number of rotatable bonds is 5. The van der Waals surface area contributed by atoms with Gasteiger partial charge in [0.05, 0.1) is 18.3 Å². The summed E-state index contributed by atoms with van der Waals surface area (Å²) < 4.78 is 1.93. The SMILES string of the molecule is Cc1cccc(N2CC(C(=O)NC(C)c3ccc(-n4ccnc4)cc3)CC2=O)c1C. The largest absolute Gasteiger partial charge is 0.349 e. The average Bonchev–Trinajstić information content (AvgIpc) is 3.40. The highest BCUT2D eigenvalue weighted by atomic mass is 16.2. The Labute approximate surface area is 176 Å². The lowest BCUT2D eigenvalue weighted by molar-refractivity contribution is -0.126. The van der Waals surface area contributed by atoms with E-state index in [1.165, 1.54) is 0 Å². The summed E-state index contributed by atoms with van der Waals surface area (Å²) in [6.07, 6.45) is 5.62. The summed E-state index contributed by atoms with van der Waals surface area (Å²) >= 11 is 0. The van der Waals surface area contributed by atoms with E-state index in [4.69, 9.17) is 0 Å². The van der Waals surface area contributed by atoms with Gasteiger partial charge in [-0.05, 0) is 55.7 Å². The Kier molecular flexibility index (Phi) is 5.40. The molecule has 2 aromatic carbocycles. The van der Waals surface area contributed by atoms with Crippen molar-refractivity contribution in [3.63, 3.8) is 0 Å². The number of benzene rings is 2. The van der Waals surface area contributed by atoms with Gasteiger partial charge in [0, 0.05) is 36.7 Å². The van der Waals surface area contributed by atoms with Crippen molar-refractivity contribution in [2.24, 2.45) is 5.92 Å². The van der Waals surface area contributed by atoms with Gasteiger partial charge in [0.1, 0.15) is 0 Å². The van der Waals surface area contributed by atoms with Crippen LogP contribution in [0, 0.1) is 19.8 Å². The summed E-state index contributed by atoms with van der Waals surface area (Å²) in [4.78, 5) is 31.3. The number of hydrogen-bond donors (Lipinski definition) is 1. The van der Waals surface area contributed by atoms with Crippen LogP contribution in [0.25, 0.3) is 5.69 Å². The van der Waals surface area contributed by atoms with Crippen molar-refractivity contribution in [3.05, 3.63) is 77.9 Å². The number of nitrogens with zero attached hydrogens (tertiary/aromatic N) is 3. The molecular weight excluding hydrogens is 376 g/mol. The molecule has 0 radical (unpaired) electrons. The van der Waals surface area contributed by atoms with Gasteiger partial charge in [-0.2, -0.15) is 0 Å². The third kappa shape index (κ3) is 3.85. The van der Waals surface area contributed by atoms with Crippen LogP contribution in [0.4, 0.5) is 5.69 Å². The van der Waals surface area contributed by atoms with Crippen LogP contribution in [-0.4, -0.2) is 27.9 Å². The van der Waals surface area contributed by atoms with Crippen molar-refractivity contribution in [1.82, 2.24) is 14.9 Å². The highest BCUT2D eigenvalue weighted by Crippen LogP contribution is 2.30. The molecule has 0 aliphatic carbocycles. The fourth-order valence-corrected chi connectivity index (χ4v) is 3.91. The van der Waals surface area contributed by atoms with Crippen molar-refractivity contribution < 1.29 is 9.59 Å². The van der Waals surface area contributed by atoms with E-state index in [9.17, 15) is 9.59 Å². The zero-order valence-electron chi connectivity index (χ0n) is 17.5. The summed E-state index contributed by atoms with van der Waals surface area (Å²) in [5.74, 6) is -0.423. The molecule has 1 aromatic heterocycles. The second kappa shape index (κ2) is 8.14. The molecule has 2 amide bonds. The maximum absolute atomic E-state index is 12.9. The molecule has 0 saturated carbocycles. The molecule has 2 unspecified atom stereocenters. The molecule has 2 heterocycles. The fourth-order valence-electron chi connectivity index (χ4n) is 3.91. The molecule has 3 aromatic rings. The third-order valence-corrected chi connectivity index (χ3v) is 5.92. The molecule has 0 bridgehead atoms. The topological polar surface area (TPSA) is 67.2 Å². The first-order valence-electron chi connectivity index (χ1n) is 10.2. The standard InChI is InChI=1S/C24H26N4O2/c1-16-5-4-6-22(17(16)2)28-14-20(13-23(28)29)24(30)26-18(3)19-7-9-21(10-8-19)27-12-11-25-15-27/h4-12,15,18,20H,13-14H2,1-3H3,(H,26,30). The summed E-state index contributed by atoms with van der Waals surface area (Å²) in [6.45, 7) is 6.43. The predicted molar refractivity (Wildman–Crippen MR) is 116 cm³/mol. The van der Waals surface area contributed by atoms with Gasteiger partial charge in [0.15, 0.2) is 0 Å². The van der Waals surface area contributed by atoms with Crippen LogP contribution in [0.3, 0.4) is 0 Å². The Morgan fingerprint density at radius 1 is 1.17 bits per heavy atom. The zero-order valence-corrected chi connectivity index (χ0v) is 17.5. The maximum atomic E-state index is 12.9. The first kappa shape index (κ1) is 19.9. The van der Waals surface area contributed by atoms with E-state index < -0.39 is 0 Å². The van der Waals surface area contributed by atoms with E-state index in [-0.39, 0.29) is 30.2 Å². The predicted octanol–water partition coefficient (Wildman–Crippen LogP) is 3.72. The van der Waals surface area contributed by atoms with Crippen LogP contribution in [-0.2, 0) is 9.59 Å². The Hall–Kier alpha value is -3.41. The van der Waals surface area contributed by atoms with E-state index in [2.05, 4.69) is 10.3 Å². The van der Waals surface area contributed by atoms with Crippen molar-refractivity contribution in [2.45, 2.75) is 33.2 Å². The second-order valence-corrected chi connectivity index (χ2v) is 7.92. The molecule has 1 saturated heterocycles. The van der Waals surface area contributed by atoms with Crippen LogP contribution in [0.1, 0.15) is 36.1 Å². The van der Waals surface area contributed by atoms with Gasteiger partial charge in [-0.15, -0.1) is 0 Å². The van der Waals surface area contributed by atoms with Gasteiger partial charge >= 0.3 is 0 Å². The number of hydrogen-bond acceptors (Lipinski definition) is 3. The summed E-state index contributed by atoms with van der Waals surface area (Å²) in [5.41, 5.74) is 5.15. The average molecular weight is 402 g/mol. The molecule has 6 heteroatoms. The summed E-state index contributed by atoms with van der Waals surface area (Å²) in [7, 11) is 0. The molecule has 30 heavy (non-hydrogen) atoms.